The number of alkyl halides is 3. The zero-order valence-corrected chi connectivity index (χ0v) is 21.3. The average Bonchev–Trinajstić information content (AvgIpc) is 3.63. The molecule has 1 aliphatic heterocycles. The molecule has 0 bridgehead atoms. The molecule has 0 radical (unpaired) electrons. The SMILES string of the molecule is C[C@@H]1Cc2c(nc(Cl)n(-c3ccc(OC4CC4)cc3)c2=O)CN1C(=O)c1ccc(Br)c(C(F)(F)F)c1. The van der Waals surface area contributed by atoms with Crippen molar-refractivity contribution in [1.82, 2.24) is 14.5 Å². The van der Waals surface area contributed by atoms with Gasteiger partial charge in [-0.2, -0.15) is 13.2 Å². The molecule has 6 nitrogen and oxygen atoms in total. The number of benzene rings is 2. The van der Waals surface area contributed by atoms with E-state index in [4.69, 9.17) is 16.3 Å². The molecule has 1 fully saturated rings. The Morgan fingerprint density at radius 3 is 2.50 bits per heavy atom. The van der Waals surface area contributed by atoms with Crippen LogP contribution in [0.4, 0.5) is 13.2 Å². The Labute approximate surface area is 217 Å². The van der Waals surface area contributed by atoms with Gasteiger partial charge in [0.15, 0.2) is 0 Å². The van der Waals surface area contributed by atoms with Crippen LogP contribution < -0.4 is 10.3 Å². The van der Waals surface area contributed by atoms with Crippen LogP contribution in [0.2, 0.25) is 5.28 Å². The maximum atomic E-state index is 13.4. The summed E-state index contributed by atoms with van der Waals surface area (Å²) in [7, 11) is 0. The quantitative estimate of drug-likeness (QED) is 0.365. The van der Waals surface area contributed by atoms with Gasteiger partial charge in [-0.25, -0.2) is 4.98 Å². The highest BCUT2D eigenvalue weighted by Gasteiger charge is 2.36. The molecule has 11 heteroatoms. The number of hydrogen-bond acceptors (Lipinski definition) is 4. The first-order valence-electron chi connectivity index (χ1n) is 11.3. The summed E-state index contributed by atoms with van der Waals surface area (Å²) in [6, 6.07) is 9.91. The third kappa shape index (κ3) is 4.76. The van der Waals surface area contributed by atoms with Gasteiger partial charge in [-0.15, -0.1) is 0 Å². The Hall–Kier alpha value is -2.85. The molecule has 2 aliphatic rings. The summed E-state index contributed by atoms with van der Waals surface area (Å²) < 4.78 is 46.9. The van der Waals surface area contributed by atoms with Crippen LogP contribution in [0.5, 0.6) is 5.75 Å². The Morgan fingerprint density at radius 2 is 1.86 bits per heavy atom. The fourth-order valence-electron chi connectivity index (χ4n) is 4.22. The van der Waals surface area contributed by atoms with Gasteiger partial charge in [0.1, 0.15) is 5.75 Å². The van der Waals surface area contributed by atoms with Crippen molar-refractivity contribution < 1.29 is 22.7 Å². The minimum atomic E-state index is -4.61. The van der Waals surface area contributed by atoms with Gasteiger partial charge in [-0.1, -0.05) is 15.9 Å². The number of fused-ring (bicyclic) bond motifs is 1. The number of halogens is 5. The van der Waals surface area contributed by atoms with Crippen LogP contribution in [0.1, 0.15) is 46.9 Å². The van der Waals surface area contributed by atoms with Gasteiger partial charge in [0, 0.05) is 21.6 Å². The van der Waals surface area contributed by atoms with E-state index in [9.17, 15) is 22.8 Å². The van der Waals surface area contributed by atoms with Crippen LogP contribution in [0.15, 0.2) is 51.7 Å². The molecule has 2 aromatic carbocycles. The van der Waals surface area contributed by atoms with E-state index in [1.54, 1.807) is 31.2 Å². The molecular formula is C25H20BrClF3N3O3. The molecule has 36 heavy (non-hydrogen) atoms. The zero-order chi connectivity index (χ0) is 25.8. The first-order valence-corrected chi connectivity index (χ1v) is 12.4. The normalized spacial score (nSPS) is 17.6. The average molecular weight is 583 g/mol. The van der Waals surface area contributed by atoms with E-state index in [2.05, 4.69) is 20.9 Å². The van der Waals surface area contributed by atoms with Gasteiger partial charge in [-0.05, 0) is 80.3 Å². The van der Waals surface area contributed by atoms with E-state index in [1.165, 1.54) is 21.6 Å². The maximum absolute atomic E-state index is 13.4. The summed E-state index contributed by atoms with van der Waals surface area (Å²) in [6.45, 7) is 1.70. The van der Waals surface area contributed by atoms with Crippen LogP contribution in [0.25, 0.3) is 5.69 Å². The molecule has 188 valence electrons. The molecule has 1 atom stereocenters. The largest absolute Gasteiger partial charge is 0.490 e. The van der Waals surface area contributed by atoms with Crippen molar-refractivity contribution in [3.8, 4) is 11.4 Å². The number of carbonyl (C=O) groups is 1. The second-order valence-electron chi connectivity index (χ2n) is 8.94. The summed E-state index contributed by atoms with van der Waals surface area (Å²) in [6.07, 6.45) is -2.11. The summed E-state index contributed by atoms with van der Waals surface area (Å²) in [4.78, 5) is 32.3. The number of ether oxygens (including phenoxy) is 1. The summed E-state index contributed by atoms with van der Waals surface area (Å²) in [5.74, 6) is 0.125. The predicted octanol–water partition coefficient (Wildman–Crippen LogP) is 5.80. The molecule has 1 aliphatic carbocycles. The van der Waals surface area contributed by atoms with E-state index in [0.717, 1.165) is 18.9 Å². The van der Waals surface area contributed by atoms with Gasteiger partial charge in [0.2, 0.25) is 5.28 Å². The molecular weight excluding hydrogens is 563 g/mol. The molecule has 0 saturated heterocycles. The molecule has 5 rings (SSSR count). The number of hydrogen-bond donors (Lipinski definition) is 0. The molecule has 1 saturated carbocycles. The number of nitrogens with zero attached hydrogens (tertiary/aromatic N) is 3. The van der Waals surface area contributed by atoms with Crippen molar-refractivity contribution in [2.75, 3.05) is 0 Å². The van der Waals surface area contributed by atoms with Gasteiger partial charge < -0.3 is 9.64 Å². The fourth-order valence-corrected chi connectivity index (χ4v) is 4.97. The molecule has 3 aromatic rings. The lowest BCUT2D eigenvalue weighted by Crippen LogP contribution is -2.45. The minimum Gasteiger partial charge on any atom is -0.490 e. The summed E-state index contributed by atoms with van der Waals surface area (Å²) >= 11 is 9.28. The van der Waals surface area contributed by atoms with E-state index in [0.29, 0.717) is 22.7 Å². The second kappa shape index (κ2) is 9.23. The van der Waals surface area contributed by atoms with Crippen LogP contribution in [0.3, 0.4) is 0 Å². The van der Waals surface area contributed by atoms with Gasteiger partial charge >= 0.3 is 6.18 Å². The van der Waals surface area contributed by atoms with E-state index >= 15 is 0 Å². The van der Waals surface area contributed by atoms with E-state index in [-0.39, 0.29) is 39.9 Å². The standard InChI is InChI=1S/C25H20BrClF3N3O3/c1-13-10-18-21(12-32(13)22(34)14-2-9-20(26)19(11-14)25(28,29)30)31-24(27)33(23(18)35)15-3-5-16(6-4-15)36-17-7-8-17/h2-6,9,11,13,17H,7-8,10,12H2,1H3/t13-/m1/s1. The molecule has 0 N–H and O–H groups in total. The number of amides is 1. The van der Waals surface area contributed by atoms with Gasteiger partial charge in [0.25, 0.3) is 11.5 Å². The van der Waals surface area contributed by atoms with E-state index < -0.39 is 23.7 Å². The first kappa shape index (κ1) is 24.8. The Balaban J connectivity index is 1.44. The summed E-state index contributed by atoms with van der Waals surface area (Å²) in [5.41, 5.74) is -0.104. The Kier molecular flexibility index (Phi) is 6.36. The lowest BCUT2D eigenvalue weighted by Gasteiger charge is -2.34. The first-order chi connectivity index (χ1) is 17.0. The van der Waals surface area contributed by atoms with Gasteiger partial charge in [0.05, 0.1) is 29.6 Å². The third-order valence-electron chi connectivity index (χ3n) is 6.27. The molecule has 2 heterocycles. The zero-order valence-electron chi connectivity index (χ0n) is 19.0. The van der Waals surface area contributed by atoms with Crippen LogP contribution >= 0.6 is 27.5 Å². The Morgan fingerprint density at radius 1 is 1.17 bits per heavy atom. The highest BCUT2D eigenvalue weighted by Crippen LogP contribution is 2.36. The lowest BCUT2D eigenvalue weighted by atomic mass is 9.98. The number of rotatable bonds is 4. The lowest BCUT2D eigenvalue weighted by molar-refractivity contribution is -0.138. The van der Waals surface area contributed by atoms with Crippen molar-refractivity contribution in [3.63, 3.8) is 0 Å². The van der Waals surface area contributed by atoms with Crippen molar-refractivity contribution in [2.24, 2.45) is 0 Å². The van der Waals surface area contributed by atoms with Crippen molar-refractivity contribution >= 4 is 33.4 Å². The monoisotopic (exact) mass is 581 g/mol. The van der Waals surface area contributed by atoms with Crippen LogP contribution in [-0.2, 0) is 19.1 Å². The predicted molar refractivity (Wildman–Crippen MR) is 131 cm³/mol. The van der Waals surface area contributed by atoms with Crippen molar-refractivity contribution in [3.05, 3.63) is 85.0 Å². The van der Waals surface area contributed by atoms with Gasteiger partial charge in [-0.3, -0.25) is 14.2 Å². The highest BCUT2D eigenvalue weighted by molar-refractivity contribution is 9.10. The smallest absolute Gasteiger partial charge is 0.417 e. The van der Waals surface area contributed by atoms with Crippen LogP contribution in [0, 0.1) is 0 Å². The molecule has 0 spiro atoms. The minimum absolute atomic E-state index is 0.0449. The fraction of sp³-hybridized carbons (Fsp3) is 0.320. The summed E-state index contributed by atoms with van der Waals surface area (Å²) in [5, 5.41) is -0.0698. The highest BCUT2D eigenvalue weighted by atomic mass is 79.9. The maximum Gasteiger partial charge on any atom is 0.417 e. The van der Waals surface area contributed by atoms with Crippen LogP contribution in [-0.4, -0.2) is 32.5 Å². The molecule has 1 amide bonds. The number of aromatic nitrogens is 2. The van der Waals surface area contributed by atoms with Crippen molar-refractivity contribution in [1.29, 1.82) is 0 Å². The molecule has 0 unspecified atom stereocenters. The van der Waals surface area contributed by atoms with E-state index in [1.807, 2.05) is 0 Å². The van der Waals surface area contributed by atoms with Crippen molar-refractivity contribution in [2.45, 2.75) is 51.1 Å². The third-order valence-corrected chi connectivity index (χ3v) is 7.22. The topological polar surface area (TPSA) is 64.4 Å². The second-order valence-corrected chi connectivity index (χ2v) is 10.1. The molecule has 1 aromatic heterocycles. The Bertz CT molecular complexity index is 1400. The number of carbonyl (C=O) groups excluding carboxylic acids is 1.